The van der Waals surface area contributed by atoms with Crippen LogP contribution in [0.4, 0.5) is 5.69 Å². The van der Waals surface area contributed by atoms with Gasteiger partial charge in [-0.05, 0) is 35.9 Å². The number of carbonyl (C=O) groups excluding carboxylic acids is 2. The summed E-state index contributed by atoms with van der Waals surface area (Å²) in [5.41, 5.74) is 2.71. The van der Waals surface area contributed by atoms with E-state index < -0.39 is 16.7 Å². The van der Waals surface area contributed by atoms with Gasteiger partial charge in [0.05, 0.1) is 17.4 Å². The summed E-state index contributed by atoms with van der Waals surface area (Å²) in [5, 5.41) is 17.3. The monoisotopic (exact) mass is 404 g/mol. The van der Waals surface area contributed by atoms with Gasteiger partial charge in [-0.25, -0.2) is 5.43 Å². The topological polar surface area (TPSA) is 127 Å². The summed E-state index contributed by atoms with van der Waals surface area (Å²) >= 11 is 0. The van der Waals surface area contributed by atoms with Crippen LogP contribution in [0, 0.1) is 10.1 Å². The van der Waals surface area contributed by atoms with Gasteiger partial charge in [0.1, 0.15) is 11.5 Å². The lowest BCUT2D eigenvalue weighted by atomic mass is 10.1. The van der Waals surface area contributed by atoms with E-state index in [-0.39, 0.29) is 11.4 Å². The molecule has 30 heavy (non-hydrogen) atoms. The molecule has 0 spiro atoms. The van der Waals surface area contributed by atoms with Crippen molar-refractivity contribution in [2.75, 3.05) is 0 Å². The number of nitro benzene ring substituents is 1. The third-order valence-corrected chi connectivity index (χ3v) is 3.82. The van der Waals surface area contributed by atoms with Crippen LogP contribution in [0.25, 0.3) is 6.08 Å². The summed E-state index contributed by atoms with van der Waals surface area (Å²) in [6.45, 7) is 0. The van der Waals surface area contributed by atoms with E-state index in [4.69, 9.17) is 4.42 Å². The summed E-state index contributed by atoms with van der Waals surface area (Å²) in [4.78, 5) is 35.5. The van der Waals surface area contributed by atoms with Crippen LogP contribution < -0.4 is 10.7 Å². The van der Waals surface area contributed by atoms with Crippen LogP contribution in [-0.2, 0) is 4.79 Å². The van der Waals surface area contributed by atoms with Crippen molar-refractivity contribution in [3.05, 3.63) is 106 Å². The molecule has 0 aliphatic carbocycles. The van der Waals surface area contributed by atoms with E-state index in [1.165, 1.54) is 36.8 Å². The maximum Gasteiger partial charge on any atom is 0.287 e. The first kappa shape index (κ1) is 20.2. The number of benzene rings is 2. The lowest BCUT2D eigenvalue weighted by molar-refractivity contribution is -0.384. The summed E-state index contributed by atoms with van der Waals surface area (Å²) in [6.07, 6.45) is 4.07. The largest absolute Gasteiger partial charge is 0.463 e. The van der Waals surface area contributed by atoms with Crippen molar-refractivity contribution < 1.29 is 18.9 Å². The third-order valence-electron chi connectivity index (χ3n) is 3.82. The number of nitrogens with one attached hydrogen (secondary N) is 2. The number of furan rings is 1. The average Bonchev–Trinajstić information content (AvgIpc) is 3.27. The van der Waals surface area contributed by atoms with Gasteiger partial charge in [-0.3, -0.25) is 19.7 Å². The second-order valence-corrected chi connectivity index (χ2v) is 5.94. The normalized spacial score (nSPS) is 11.3. The van der Waals surface area contributed by atoms with Crippen molar-refractivity contribution in [1.29, 1.82) is 0 Å². The Bertz CT molecular complexity index is 1110. The fourth-order valence-corrected chi connectivity index (χ4v) is 2.42. The van der Waals surface area contributed by atoms with Gasteiger partial charge in [-0.2, -0.15) is 5.10 Å². The van der Waals surface area contributed by atoms with Crippen LogP contribution in [0.15, 0.2) is 88.2 Å². The van der Waals surface area contributed by atoms with Crippen molar-refractivity contribution in [3.63, 3.8) is 0 Å². The van der Waals surface area contributed by atoms with Gasteiger partial charge in [0.2, 0.25) is 0 Å². The number of non-ortho nitro benzene ring substituents is 1. The number of amides is 2. The van der Waals surface area contributed by atoms with Gasteiger partial charge in [0, 0.05) is 17.7 Å². The van der Waals surface area contributed by atoms with Crippen molar-refractivity contribution in [1.82, 2.24) is 10.7 Å². The van der Waals surface area contributed by atoms with E-state index in [0.29, 0.717) is 16.9 Å². The molecule has 9 heteroatoms. The van der Waals surface area contributed by atoms with Crippen LogP contribution in [0.2, 0.25) is 0 Å². The number of rotatable bonds is 7. The molecular formula is C21H16N4O5. The van der Waals surface area contributed by atoms with Gasteiger partial charge >= 0.3 is 0 Å². The lowest BCUT2D eigenvalue weighted by Crippen LogP contribution is -2.32. The van der Waals surface area contributed by atoms with Crippen molar-refractivity contribution in [3.8, 4) is 0 Å². The molecule has 1 aromatic heterocycles. The highest BCUT2D eigenvalue weighted by Crippen LogP contribution is 2.15. The molecule has 0 saturated carbocycles. The van der Waals surface area contributed by atoms with E-state index in [1.54, 1.807) is 48.5 Å². The van der Waals surface area contributed by atoms with E-state index >= 15 is 0 Å². The SMILES string of the molecule is O=C(NN=Cc1ccco1)/C(=C/c1cccc([N+](=O)[O-])c1)NC(=O)c1ccccc1. The highest BCUT2D eigenvalue weighted by atomic mass is 16.6. The number of hydrogen-bond donors (Lipinski definition) is 2. The number of carbonyl (C=O) groups is 2. The zero-order valence-corrected chi connectivity index (χ0v) is 15.5. The Morgan fingerprint density at radius 3 is 2.53 bits per heavy atom. The molecule has 3 aromatic rings. The van der Waals surface area contributed by atoms with Gasteiger partial charge in [0.15, 0.2) is 0 Å². The lowest BCUT2D eigenvalue weighted by Gasteiger charge is -2.09. The third kappa shape index (κ3) is 5.49. The maximum atomic E-state index is 12.6. The molecule has 150 valence electrons. The molecule has 0 radical (unpaired) electrons. The molecule has 0 aliphatic rings. The number of hydrazone groups is 1. The summed E-state index contributed by atoms with van der Waals surface area (Å²) < 4.78 is 5.08. The molecule has 0 fully saturated rings. The molecule has 2 N–H and O–H groups in total. The molecule has 2 amide bonds. The smallest absolute Gasteiger partial charge is 0.287 e. The Kier molecular flexibility index (Phi) is 6.47. The molecule has 0 bridgehead atoms. The molecule has 2 aromatic carbocycles. The zero-order chi connectivity index (χ0) is 21.3. The summed E-state index contributed by atoms with van der Waals surface area (Å²) in [7, 11) is 0. The standard InChI is InChI=1S/C21H16N4O5/c26-20(16-7-2-1-3-8-16)23-19(13-15-6-4-9-17(12-15)25(28)29)21(27)24-22-14-18-10-5-11-30-18/h1-14H,(H,23,26)(H,24,27)/b19-13-,22-14?. The molecular weight excluding hydrogens is 388 g/mol. The first-order valence-corrected chi connectivity index (χ1v) is 8.72. The quantitative estimate of drug-likeness (QED) is 0.271. The Morgan fingerprint density at radius 2 is 1.83 bits per heavy atom. The molecule has 0 saturated heterocycles. The second-order valence-electron chi connectivity index (χ2n) is 5.94. The predicted octanol–water partition coefficient (Wildman–Crippen LogP) is 3.11. The second kappa shape index (κ2) is 9.60. The van der Waals surface area contributed by atoms with Gasteiger partial charge in [-0.1, -0.05) is 30.3 Å². The highest BCUT2D eigenvalue weighted by Gasteiger charge is 2.15. The van der Waals surface area contributed by atoms with E-state index in [1.807, 2.05) is 0 Å². The van der Waals surface area contributed by atoms with Crippen LogP contribution >= 0.6 is 0 Å². The summed E-state index contributed by atoms with van der Waals surface area (Å²) in [5.74, 6) is -0.807. The minimum absolute atomic E-state index is 0.138. The minimum Gasteiger partial charge on any atom is -0.463 e. The van der Waals surface area contributed by atoms with Gasteiger partial charge in [-0.15, -0.1) is 0 Å². The number of nitro groups is 1. The van der Waals surface area contributed by atoms with E-state index in [2.05, 4.69) is 15.8 Å². The number of hydrogen-bond acceptors (Lipinski definition) is 6. The highest BCUT2D eigenvalue weighted by molar-refractivity contribution is 6.05. The maximum absolute atomic E-state index is 12.6. The molecule has 0 aliphatic heterocycles. The first-order valence-electron chi connectivity index (χ1n) is 8.72. The Labute approximate surface area is 170 Å². The predicted molar refractivity (Wildman–Crippen MR) is 109 cm³/mol. The van der Waals surface area contributed by atoms with Crippen molar-refractivity contribution >= 4 is 29.8 Å². The van der Waals surface area contributed by atoms with Crippen LogP contribution in [0.5, 0.6) is 0 Å². The van der Waals surface area contributed by atoms with Crippen LogP contribution in [-0.4, -0.2) is 23.0 Å². The molecule has 9 nitrogen and oxygen atoms in total. The van der Waals surface area contributed by atoms with Crippen LogP contribution in [0.3, 0.4) is 0 Å². The molecule has 0 atom stereocenters. The number of nitrogens with zero attached hydrogens (tertiary/aromatic N) is 2. The molecule has 0 unspecified atom stereocenters. The summed E-state index contributed by atoms with van der Waals surface area (Å²) in [6, 6.07) is 17.3. The van der Waals surface area contributed by atoms with Gasteiger partial charge in [0.25, 0.3) is 17.5 Å². The van der Waals surface area contributed by atoms with E-state index in [9.17, 15) is 19.7 Å². The molecule has 3 rings (SSSR count). The fraction of sp³-hybridized carbons (Fsp3) is 0. The fourth-order valence-electron chi connectivity index (χ4n) is 2.42. The van der Waals surface area contributed by atoms with Crippen molar-refractivity contribution in [2.24, 2.45) is 5.10 Å². The van der Waals surface area contributed by atoms with Crippen LogP contribution in [0.1, 0.15) is 21.7 Å². The van der Waals surface area contributed by atoms with Gasteiger partial charge < -0.3 is 9.73 Å². The Hall–Kier alpha value is -4.53. The average molecular weight is 404 g/mol. The Balaban J connectivity index is 1.85. The minimum atomic E-state index is -0.714. The zero-order valence-electron chi connectivity index (χ0n) is 15.5. The van der Waals surface area contributed by atoms with Crippen molar-refractivity contribution in [2.45, 2.75) is 0 Å². The van der Waals surface area contributed by atoms with E-state index in [0.717, 1.165) is 0 Å². The molecule has 1 heterocycles. The first-order chi connectivity index (χ1) is 14.5. The Morgan fingerprint density at radius 1 is 1.03 bits per heavy atom.